The number of hydrogen-bond donors (Lipinski definition) is 3. The molecule has 0 aliphatic heterocycles. The molecule has 0 aliphatic carbocycles. The Morgan fingerprint density at radius 2 is 2.14 bits per heavy atom. The number of primary amides is 1. The molecule has 40 valence electrons. The first kappa shape index (κ1) is 5.81. The van der Waals surface area contributed by atoms with Gasteiger partial charge in [0.1, 0.15) is 0 Å². The van der Waals surface area contributed by atoms with Crippen LogP contribution in [0.1, 0.15) is 0 Å². The predicted octanol–water partition coefficient (Wildman–Crippen LogP) is -1.17. The molecule has 0 bridgehead atoms. The number of aliphatic hydroxyl groups excluding tert-OH is 1. The highest BCUT2D eigenvalue weighted by molar-refractivity contribution is 5.89. The second-order valence-corrected chi connectivity index (χ2v) is 0.916. The Morgan fingerprint density at radius 3 is 2.14 bits per heavy atom. The van der Waals surface area contributed by atoms with E-state index in [1.165, 1.54) is 0 Å². The standard InChI is InChI=1S/C3H6N2O2/c4-1-2(6)3(5)7/h1,6H,4H2,(H2,5,7)/b2-1-. The lowest BCUT2D eigenvalue weighted by atomic mass is 10.5. The molecule has 0 rings (SSSR count). The molecule has 5 N–H and O–H groups in total. The van der Waals surface area contributed by atoms with Crippen LogP contribution >= 0.6 is 0 Å². The average molecular weight is 102 g/mol. The monoisotopic (exact) mass is 102 g/mol. The number of aliphatic hydroxyl groups is 1. The van der Waals surface area contributed by atoms with E-state index in [4.69, 9.17) is 5.11 Å². The van der Waals surface area contributed by atoms with Gasteiger partial charge in [-0.25, -0.2) is 0 Å². The molecule has 0 unspecified atom stereocenters. The van der Waals surface area contributed by atoms with Crippen molar-refractivity contribution in [1.29, 1.82) is 0 Å². The molecular weight excluding hydrogens is 96.0 g/mol. The third kappa shape index (κ3) is 1.64. The minimum atomic E-state index is -0.914. The summed E-state index contributed by atoms with van der Waals surface area (Å²) in [7, 11) is 0. The molecule has 0 radical (unpaired) electrons. The Bertz CT molecular complexity index is 108. The molecule has 7 heavy (non-hydrogen) atoms. The topological polar surface area (TPSA) is 89.3 Å². The molecule has 0 heterocycles. The van der Waals surface area contributed by atoms with E-state index in [0.717, 1.165) is 6.20 Å². The lowest BCUT2D eigenvalue weighted by Crippen LogP contribution is -2.14. The molecule has 0 aromatic heterocycles. The maximum atomic E-state index is 9.75. The summed E-state index contributed by atoms with van der Waals surface area (Å²) in [6.45, 7) is 0. The highest BCUT2D eigenvalue weighted by Crippen LogP contribution is 1.76. The summed E-state index contributed by atoms with van der Waals surface area (Å²) in [6.07, 6.45) is 0.738. The van der Waals surface area contributed by atoms with Gasteiger partial charge in [0.15, 0.2) is 5.76 Å². The molecule has 0 spiro atoms. The van der Waals surface area contributed by atoms with E-state index in [0.29, 0.717) is 0 Å². The van der Waals surface area contributed by atoms with Crippen LogP contribution in [0.25, 0.3) is 0 Å². The van der Waals surface area contributed by atoms with Crippen LogP contribution in [-0.2, 0) is 4.79 Å². The summed E-state index contributed by atoms with van der Waals surface area (Å²) in [5.41, 5.74) is 9.17. The fraction of sp³-hybridized carbons (Fsp3) is 0. The van der Waals surface area contributed by atoms with Crippen molar-refractivity contribution in [2.75, 3.05) is 0 Å². The van der Waals surface area contributed by atoms with Crippen LogP contribution < -0.4 is 11.5 Å². The first-order chi connectivity index (χ1) is 3.18. The molecule has 0 saturated heterocycles. The first-order valence-electron chi connectivity index (χ1n) is 1.59. The Hall–Kier alpha value is -1.19. The zero-order valence-electron chi connectivity index (χ0n) is 3.59. The largest absolute Gasteiger partial charge is 0.502 e. The Labute approximate surface area is 40.4 Å². The zero-order chi connectivity index (χ0) is 5.86. The number of amides is 1. The second kappa shape index (κ2) is 2.07. The molecule has 4 heteroatoms. The van der Waals surface area contributed by atoms with Crippen molar-refractivity contribution >= 4 is 5.91 Å². The van der Waals surface area contributed by atoms with Gasteiger partial charge in [0, 0.05) is 6.20 Å². The van der Waals surface area contributed by atoms with Crippen LogP contribution in [0.4, 0.5) is 0 Å². The maximum Gasteiger partial charge on any atom is 0.285 e. The summed E-state index contributed by atoms with van der Waals surface area (Å²) in [5, 5.41) is 8.20. The normalized spacial score (nSPS) is 11.1. The first-order valence-corrected chi connectivity index (χ1v) is 1.59. The van der Waals surface area contributed by atoms with Crippen LogP contribution in [0.15, 0.2) is 12.0 Å². The SMILES string of the molecule is N/C=C(\O)C(N)=O. The summed E-state index contributed by atoms with van der Waals surface area (Å²) in [5.74, 6) is -1.53. The summed E-state index contributed by atoms with van der Waals surface area (Å²) in [6, 6.07) is 0. The number of hydrogen-bond acceptors (Lipinski definition) is 3. The van der Waals surface area contributed by atoms with Gasteiger partial charge in [-0.05, 0) is 0 Å². The van der Waals surface area contributed by atoms with E-state index in [2.05, 4.69) is 11.5 Å². The summed E-state index contributed by atoms with van der Waals surface area (Å²) >= 11 is 0. The Kier molecular flexibility index (Phi) is 1.72. The van der Waals surface area contributed by atoms with Gasteiger partial charge in [-0.1, -0.05) is 0 Å². The van der Waals surface area contributed by atoms with Crippen LogP contribution in [0.5, 0.6) is 0 Å². The lowest BCUT2D eigenvalue weighted by Gasteiger charge is -1.84. The summed E-state index contributed by atoms with van der Waals surface area (Å²) < 4.78 is 0. The van der Waals surface area contributed by atoms with Gasteiger partial charge in [0.05, 0.1) is 0 Å². The predicted molar refractivity (Wildman–Crippen MR) is 24.1 cm³/mol. The minimum absolute atomic E-state index is 0.611. The Balaban J connectivity index is 3.82. The molecule has 0 fully saturated rings. The van der Waals surface area contributed by atoms with Gasteiger partial charge in [-0.15, -0.1) is 0 Å². The van der Waals surface area contributed by atoms with Crippen molar-refractivity contribution < 1.29 is 9.90 Å². The lowest BCUT2D eigenvalue weighted by molar-refractivity contribution is -0.116. The highest BCUT2D eigenvalue weighted by Gasteiger charge is 1.95. The molecule has 1 amide bonds. The molecule has 0 saturated carbocycles. The molecule has 0 aliphatic rings. The number of carbonyl (C=O) groups is 1. The number of carbonyl (C=O) groups excluding carboxylic acids is 1. The number of rotatable bonds is 1. The van der Waals surface area contributed by atoms with Crippen LogP contribution in [0.3, 0.4) is 0 Å². The van der Waals surface area contributed by atoms with Crippen LogP contribution in [-0.4, -0.2) is 11.0 Å². The van der Waals surface area contributed by atoms with Crippen LogP contribution in [0.2, 0.25) is 0 Å². The van der Waals surface area contributed by atoms with Gasteiger partial charge in [-0.3, -0.25) is 4.79 Å². The maximum absolute atomic E-state index is 9.75. The van der Waals surface area contributed by atoms with Crippen LogP contribution in [0, 0.1) is 0 Å². The summed E-state index contributed by atoms with van der Waals surface area (Å²) in [4.78, 5) is 9.75. The average Bonchev–Trinajstić information content (AvgIpc) is 1.65. The van der Waals surface area contributed by atoms with Gasteiger partial charge >= 0.3 is 0 Å². The van der Waals surface area contributed by atoms with E-state index in [1.54, 1.807) is 0 Å². The van der Waals surface area contributed by atoms with Crippen molar-refractivity contribution in [3.05, 3.63) is 12.0 Å². The quantitative estimate of drug-likeness (QED) is 0.288. The second-order valence-electron chi connectivity index (χ2n) is 0.916. The van der Waals surface area contributed by atoms with Crippen molar-refractivity contribution in [2.24, 2.45) is 11.5 Å². The number of nitrogens with two attached hydrogens (primary N) is 2. The van der Waals surface area contributed by atoms with Crippen molar-refractivity contribution in [3.63, 3.8) is 0 Å². The van der Waals surface area contributed by atoms with E-state index >= 15 is 0 Å². The smallest absolute Gasteiger partial charge is 0.285 e. The van der Waals surface area contributed by atoms with Gasteiger partial charge in [-0.2, -0.15) is 0 Å². The van der Waals surface area contributed by atoms with E-state index in [9.17, 15) is 4.79 Å². The van der Waals surface area contributed by atoms with Gasteiger partial charge < -0.3 is 16.6 Å². The minimum Gasteiger partial charge on any atom is -0.502 e. The van der Waals surface area contributed by atoms with Gasteiger partial charge in [0.2, 0.25) is 0 Å². The Morgan fingerprint density at radius 1 is 1.71 bits per heavy atom. The van der Waals surface area contributed by atoms with Crippen molar-refractivity contribution in [3.8, 4) is 0 Å². The fourth-order valence-electron chi connectivity index (χ4n) is 0.0821. The molecule has 4 nitrogen and oxygen atoms in total. The third-order valence-corrected chi connectivity index (χ3v) is 0.410. The fourth-order valence-corrected chi connectivity index (χ4v) is 0.0821. The zero-order valence-corrected chi connectivity index (χ0v) is 3.59. The molecule has 0 aromatic carbocycles. The van der Waals surface area contributed by atoms with E-state index < -0.39 is 11.7 Å². The third-order valence-electron chi connectivity index (χ3n) is 0.410. The molecule has 0 atom stereocenters. The molecule has 0 aromatic rings. The van der Waals surface area contributed by atoms with Crippen molar-refractivity contribution in [1.82, 2.24) is 0 Å². The van der Waals surface area contributed by atoms with Gasteiger partial charge in [0.25, 0.3) is 5.91 Å². The molecular formula is C3H6N2O2. The van der Waals surface area contributed by atoms with E-state index in [-0.39, 0.29) is 0 Å². The highest BCUT2D eigenvalue weighted by atomic mass is 16.3. The van der Waals surface area contributed by atoms with Crippen molar-refractivity contribution in [2.45, 2.75) is 0 Å². The van der Waals surface area contributed by atoms with E-state index in [1.807, 2.05) is 0 Å².